The zero-order chi connectivity index (χ0) is 38.4. The maximum Gasteiger partial charge on any atom is 0.165 e. The number of carbonyl (C=O) groups is 4. The van der Waals surface area contributed by atoms with Crippen LogP contribution in [0.2, 0.25) is 0 Å². The number of rotatable bonds is 17. The minimum absolute atomic E-state index is 0.00756. The van der Waals surface area contributed by atoms with Crippen molar-refractivity contribution in [1.82, 2.24) is 0 Å². The van der Waals surface area contributed by atoms with E-state index in [0.717, 1.165) is 43.4 Å². The molecule has 1 aromatic rings. The summed E-state index contributed by atoms with van der Waals surface area (Å²) in [4.78, 5) is 53.4. The van der Waals surface area contributed by atoms with E-state index in [1.165, 1.54) is 12.0 Å². The fourth-order valence-electron chi connectivity index (χ4n) is 9.25. The summed E-state index contributed by atoms with van der Waals surface area (Å²) in [5.41, 5.74) is 2.71. The van der Waals surface area contributed by atoms with Crippen molar-refractivity contribution < 1.29 is 28.7 Å². The Labute approximate surface area is 314 Å². The normalized spacial score (nSPS) is 25.0. The molecule has 7 unspecified atom stereocenters. The molecule has 0 aliphatic heterocycles. The van der Waals surface area contributed by atoms with Gasteiger partial charge in [0.25, 0.3) is 0 Å². The topological polar surface area (TPSA) is 86.7 Å². The van der Waals surface area contributed by atoms with Crippen molar-refractivity contribution in [3.63, 3.8) is 0 Å². The predicted octanol–water partition coefficient (Wildman–Crippen LogP) is 10.7. The van der Waals surface area contributed by atoms with Crippen LogP contribution in [-0.2, 0) is 19.1 Å². The van der Waals surface area contributed by atoms with Crippen LogP contribution in [0, 0.1) is 52.3 Å². The lowest BCUT2D eigenvalue weighted by Gasteiger charge is -2.42. The second kappa shape index (κ2) is 17.7. The minimum Gasteiger partial charge on any atom is -0.490 e. The van der Waals surface area contributed by atoms with Crippen molar-refractivity contribution in [3.8, 4) is 5.75 Å². The molecule has 52 heavy (non-hydrogen) atoms. The van der Waals surface area contributed by atoms with Crippen molar-refractivity contribution in [2.24, 2.45) is 52.3 Å². The number of allylic oxidation sites excluding steroid dienone is 5. The zero-order valence-corrected chi connectivity index (χ0v) is 33.8. The van der Waals surface area contributed by atoms with Gasteiger partial charge in [-0.3, -0.25) is 19.2 Å². The van der Waals surface area contributed by atoms with Crippen LogP contribution >= 0.6 is 0 Å². The molecule has 0 spiro atoms. The van der Waals surface area contributed by atoms with E-state index in [0.29, 0.717) is 55.5 Å². The Morgan fingerprint density at radius 2 is 1.50 bits per heavy atom. The number of carbonyl (C=O) groups excluding carboxylic acids is 4. The van der Waals surface area contributed by atoms with Crippen LogP contribution in [0.15, 0.2) is 59.4 Å². The lowest BCUT2D eigenvalue weighted by atomic mass is 9.61. The Morgan fingerprint density at radius 3 is 2.12 bits per heavy atom. The van der Waals surface area contributed by atoms with E-state index in [1.54, 1.807) is 24.3 Å². The van der Waals surface area contributed by atoms with Crippen molar-refractivity contribution in [3.05, 3.63) is 65.0 Å². The monoisotopic (exact) mass is 714 g/mol. The molecule has 4 rings (SSSR count). The number of ether oxygens (including phenoxy) is 2. The average molecular weight is 715 g/mol. The van der Waals surface area contributed by atoms with Crippen LogP contribution in [0.4, 0.5) is 0 Å². The Kier molecular flexibility index (Phi) is 14.1. The van der Waals surface area contributed by atoms with Crippen LogP contribution in [0.25, 0.3) is 0 Å². The SMILES string of the molecule is CC1=C(C(=O)CC(C)C(C)C(=O)c2ccc(OCCOC3=CCC(C(=O)C(C)C(C)CC(=O)C4C(C)CCCC4(C)C)C=C3)cc2)C(C)(C)CCC1. The molecule has 0 radical (unpaired) electrons. The van der Waals surface area contributed by atoms with Gasteiger partial charge in [0.15, 0.2) is 11.6 Å². The summed E-state index contributed by atoms with van der Waals surface area (Å²) in [6, 6.07) is 7.19. The highest BCUT2D eigenvalue weighted by Gasteiger charge is 2.42. The Morgan fingerprint density at radius 1 is 0.846 bits per heavy atom. The quantitative estimate of drug-likeness (QED) is 0.118. The van der Waals surface area contributed by atoms with E-state index in [2.05, 4.69) is 41.5 Å². The lowest BCUT2D eigenvalue weighted by molar-refractivity contribution is -0.133. The molecule has 3 aliphatic carbocycles. The third kappa shape index (κ3) is 10.2. The average Bonchev–Trinajstić information content (AvgIpc) is 3.08. The molecule has 1 fully saturated rings. The standard InChI is InChI=1S/C46H66O6/c1-29-13-11-23-45(7,8)41(29)39(47)27-31(3)33(5)43(49)35-15-19-37(20-16-35)51-25-26-52-38-21-17-36(18-22-38)44(50)34(6)32(4)28-40(48)42-30(2)14-12-24-46(42,9)10/h15-17,19-22,30-34,36,42H,11-14,18,23-28H2,1-10H3. The smallest absolute Gasteiger partial charge is 0.165 e. The Bertz CT molecular complexity index is 1540. The van der Waals surface area contributed by atoms with E-state index in [-0.39, 0.29) is 63.7 Å². The summed E-state index contributed by atoms with van der Waals surface area (Å²) in [5, 5.41) is 0. The summed E-state index contributed by atoms with van der Waals surface area (Å²) < 4.78 is 11.8. The molecule has 1 saturated carbocycles. The van der Waals surface area contributed by atoms with Gasteiger partial charge in [-0.15, -0.1) is 0 Å². The lowest BCUT2D eigenvalue weighted by Crippen LogP contribution is -2.40. The number of Topliss-reactive ketones (excluding diaryl/α,β-unsaturated/α-hetero) is 4. The number of ketones is 4. The highest BCUT2D eigenvalue weighted by Crippen LogP contribution is 2.46. The molecule has 0 bridgehead atoms. The van der Waals surface area contributed by atoms with Gasteiger partial charge in [0.05, 0.1) is 0 Å². The number of hydrogen-bond acceptors (Lipinski definition) is 6. The van der Waals surface area contributed by atoms with E-state index in [1.807, 2.05) is 45.9 Å². The molecule has 0 aromatic heterocycles. The molecule has 1 aromatic carbocycles. The van der Waals surface area contributed by atoms with Crippen molar-refractivity contribution >= 4 is 23.1 Å². The van der Waals surface area contributed by atoms with Crippen molar-refractivity contribution in [1.29, 1.82) is 0 Å². The summed E-state index contributed by atoms with van der Waals surface area (Å²) in [6.45, 7) is 21.7. The van der Waals surface area contributed by atoms with Crippen LogP contribution in [0.5, 0.6) is 5.75 Å². The Hall–Kier alpha value is -3.28. The van der Waals surface area contributed by atoms with E-state index in [4.69, 9.17) is 9.47 Å². The van der Waals surface area contributed by atoms with E-state index < -0.39 is 0 Å². The molecule has 7 atom stereocenters. The van der Waals surface area contributed by atoms with Crippen LogP contribution in [-0.4, -0.2) is 36.3 Å². The summed E-state index contributed by atoms with van der Waals surface area (Å²) in [7, 11) is 0. The maximum absolute atomic E-state index is 13.4. The fourth-order valence-corrected chi connectivity index (χ4v) is 9.25. The molecule has 286 valence electrons. The van der Waals surface area contributed by atoms with Gasteiger partial charge in [-0.25, -0.2) is 0 Å². The van der Waals surface area contributed by atoms with Gasteiger partial charge >= 0.3 is 0 Å². The first-order chi connectivity index (χ1) is 24.4. The van der Waals surface area contributed by atoms with Gasteiger partial charge in [0.2, 0.25) is 0 Å². The highest BCUT2D eigenvalue weighted by atomic mass is 16.5. The summed E-state index contributed by atoms with van der Waals surface area (Å²) in [5.74, 6) is 1.84. The van der Waals surface area contributed by atoms with Crippen molar-refractivity contribution in [2.75, 3.05) is 13.2 Å². The van der Waals surface area contributed by atoms with E-state index in [9.17, 15) is 19.2 Å². The summed E-state index contributed by atoms with van der Waals surface area (Å²) in [6.07, 6.45) is 13.7. The van der Waals surface area contributed by atoms with Gasteiger partial charge < -0.3 is 9.47 Å². The van der Waals surface area contributed by atoms with E-state index >= 15 is 0 Å². The van der Waals surface area contributed by atoms with Gasteiger partial charge in [-0.05, 0) is 116 Å². The molecule has 6 heteroatoms. The second-order valence-electron chi connectivity index (χ2n) is 17.9. The number of benzene rings is 1. The molecular weight excluding hydrogens is 649 g/mol. The van der Waals surface area contributed by atoms with Gasteiger partial charge in [0, 0.05) is 42.1 Å². The molecule has 0 N–H and O–H groups in total. The molecule has 0 heterocycles. The fraction of sp³-hybridized carbons (Fsp3) is 0.652. The molecule has 6 nitrogen and oxygen atoms in total. The minimum atomic E-state index is -0.276. The van der Waals surface area contributed by atoms with Crippen molar-refractivity contribution in [2.45, 2.75) is 127 Å². The largest absolute Gasteiger partial charge is 0.490 e. The molecule has 0 saturated heterocycles. The number of hydrogen-bond donors (Lipinski definition) is 0. The van der Waals surface area contributed by atoms with Crippen LogP contribution in [0.1, 0.15) is 137 Å². The highest BCUT2D eigenvalue weighted by molar-refractivity contribution is 6.00. The first kappa shape index (κ1) is 41.5. The second-order valence-corrected chi connectivity index (χ2v) is 17.9. The summed E-state index contributed by atoms with van der Waals surface area (Å²) >= 11 is 0. The third-order valence-corrected chi connectivity index (χ3v) is 12.8. The maximum atomic E-state index is 13.4. The molecular formula is C46H66O6. The molecule has 0 amide bonds. The first-order valence-corrected chi connectivity index (χ1v) is 20.0. The van der Waals surface area contributed by atoms with Crippen LogP contribution < -0.4 is 4.74 Å². The first-order valence-electron chi connectivity index (χ1n) is 20.0. The molecule has 3 aliphatic rings. The Balaban J connectivity index is 1.18. The predicted molar refractivity (Wildman–Crippen MR) is 209 cm³/mol. The van der Waals surface area contributed by atoms with Gasteiger partial charge in [-0.2, -0.15) is 0 Å². The zero-order valence-electron chi connectivity index (χ0n) is 33.8. The third-order valence-electron chi connectivity index (χ3n) is 12.8. The van der Waals surface area contributed by atoms with Gasteiger partial charge in [0.1, 0.15) is 36.3 Å². The van der Waals surface area contributed by atoms with Gasteiger partial charge in [-0.1, -0.05) is 80.4 Å². The van der Waals surface area contributed by atoms with Crippen LogP contribution in [0.3, 0.4) is 0 Å².